The van der Waals surface area contributed by atoms with Crippen LogP contribution in [0.5, 0.6) is 0 Å². The van der Waals surface area contributed by atoms with Crippen molar-refractivity contribution >= 4 is 17.8 Å². The van der Waals surface area contributed by atoms with Gasteiger partial charge in [0.25, 0.3) is 0 Å². The molecule has 0 radical (unpaired) electrons. The fourth-order valence-electron chi connectivity index (χ4n) is 3.20. The van der Waals surface area contributed by atoms with Gasteiger partial charge in [0.15, 0.2) is 0 Å². The maximum absolute atomic E-state index is 13.1. The van der Waals surface area contributed by atoms with Crippen molar-refractivity contribution in [2.24, 2.45) is 5.92 Å². The summed E-state index contributed by atoms with van der Waals surface area (Å²) in [6, 6.07) is 7.77. The largest absolute Gasteiger partial charge is 0.459 e. The number of benzene rings is 1. The molecule has 1 aromatic carbocycles. The fourth-order valence-corrected chi connectivity index (χ4v) is 3.20. The second-order valence-electron chi connectivity index (χ2n) is 7.52. The van der Waals surface area contributed by atoms with Crippen molar-refractivity contribution in [3.05, 3.63) is 35.9 Å². The molecular weight excluding hydrogens is 358 g/mol. The zero-order valence-electron chi connectivity index (χ0n) is 17.1. The van der Waals surface area contributed by atoms with Crippen LogP contribution in [0.25, 0.3) is 0 Å². The maximum atomic E-state index is 13.1. The summed E-state index contributed by atoms with van der Waals surface area (Å²) in [6.45, 7) is 6.17. The molecule has 0 saturated carbocycles. The Morgan fingerprint density at radius 3 is 2.46 bits per heavy atom. The average molecular weight is 389 g/mol. The van der Waals surface area contributed by atoms with Gasteiger partial charge in [0.1, 0.15) is 18.7 Å². The number of nitrogens with one attached hydrogen (secondary N) is 2. The Bertz CT molecular complexity index is 677. The van der Waals surface area contributed by atoms with E-state index in [-0.39, 0.29) is 24.3 Å². The van der Waals surface area contributed by atoms with Crippen molar-refractivity contribution in [3.8, 4) is 0 Å². The lowest BCUT2D eigenvalue weighted by molar-refractivity contribution is -0.155. The molecule has 28 heavy (non-hydrogen) atoms. The molecule has 0 bridgehead atoms. The first-order valence-corrected chi connectivity index (χ1v) is 9.83. The van der Waals surface area contributed by atoms with Crippen LogP contribution in [0.2, 0.25) is 0 Å². The first-order valence-electron chi connectivity index (χ1n) is 9.83. The minimum Gasteiger partial charge on any atom is -0.459 e. The van der Waals surface area contributed by atoms with Crippen molar-refractivity contribution < 1.29 is 19.1 Å². The summed E-state index contributed by atoms with van der Waals surface area (Å²) in [5, 5.41) is 5.68. The number of rotatable bonds is 8. The van der Waals surface area contributed by atoms with E-state index in [0.717, 1.165) is 12.0 Å². The van der Waals surface area contributed by atoms with Crippen molar-refractivity contribution in [2.45, 2.75) is 58.3 Å². The Kier molecular flexibility index (Phi) is 7.99. The zero-order valence-corrected chi connectivity index (χ0v) is 17.1. The minimum absolute atomic E-state index is 0.0953. The molecule has 0 aliphatic carbocycles. The van der Waals surface area contributed by atoms with Gasteiger partial charge in [-0.3, -0.25) is 9.59 Å². The highest BCUT2D eigenvalue weighted by Gasteiger charge is 2.39. The highest BCUT2D eigenvalue weighted by atomic mass is 16.5. The number of amides is 2. The summed E-state index contributed by atoms with van der Waals surface area (Å²) in [5.74, 6) is -0.961. The van der Waals surface area contributed by atoms with Crippen LogP contribution in [0.15, 0.2) is 30.3 Å². The molecule has 0 spiro atoms. The van der Waals surface area contributed by atoms with E-state index in [0.29, 0.717) is 13.0 Å². The number of esters is 1. The van der Waals surface area contributed by atoms with E-state index < -0.39 is 24.1 Å². The quantitative estimate of drug-likeness (QED) is 0.658. The van der Waals surface area contributed by atoms with E-state index in [2.05, 4.69) is 10.6 Å². The van der Waals surface area contributed by atoms with Crippen LogP contribution in [0, 0.1) is 5.92 Å². The second kappa shape index (κ2) is 10.2. The molecule has 2 N–H and O–H groups in total. The van der Waals surface area contributed by atoms with Gasteiger partial charge in [0.05, 0.1) is 6.04 Å². The third-order valence-electron chi connectivity index (χ3n) is 5.09. The molecule has 7 heteroatoms. The van der Waals surface area contributed by atoms with Gasteiger partial charge in [-0.1, -0.05) is 44.2 Å². The lowest BCUT2D eigenvalue weighted by Gasteiger charge is -2.30. The molecule has 1 saturated heterocycles. The standard InChI is InChI=1S/C21H31N3O4/c1-14(2)18(23-19(25)15(3)22-4)20(26)24-12-8-11-17(24)21(27)28-13-16-9-6-5-7-10-16/h5-7,9-10,14-15,17-18,22H,8,11-13H2,1-4H3,(H,23,25)/t15-,17-,18+/m0/s1. The molecule has 2 rings (SSSR count). The SMILES string of the molecule is CN[C@@H](C)C(=O)N[C@@H](C(=O)N1CCC[C@H]1C(=O)OCc1ccccc1)C(C)C. The van der Waals surface area contributed by atoms with Crippen molar-refractivity contribution in [1.82, 2.24) is 15.5 Å². The molecular formula is C21H31N3O4. The Morgan fingerprint density at radius 1 is 1.18 bits per heavy atom. The number of likely N-dealkylation sites (N-methyl/N-ethyl adjacent to an activating group) is 1. The fraction of sp³-hybridized carbons (Fsp3) is 0.571. The Labute approximate surface area is 166 Å². The van der Waals surface area contributed by atoms with Crippen LogP contribution in [0.4, 0.5) is 0 Å². The molecule has 1 heterocycles. The van der Waals surface area contributed by atoms with Gasteiger partial charge >= 0.3 is 5.97 Å². The molecule has 1 fully saturated rings. The third kappa shape index (κ3) is 5.55. The van der Waals surface area contributed by atoms with E-state index in [1.807, 2.05) is 44.2 Å². The van der Waals surface area contributed by atoms with Gasteiger partial charge in [-0.15, -0.1) is 0 Å². The summed E-state index contributed by atoms with van der Waals surface area (Å²) in [7, 11) is 1.69. The predicted octanol–water partition coefficient (Wildman–Crippen LogP) is 1.47. The van der Waals surface area contributed by atoms with Crippen LogP contribution >= 0.6 is 0 Å². The summed E-state index contributed by atoms with van der Waals surface area (Å²) in [4.78, 5) is 39.5. The molecule has 2 amide bonds. The van der Waals surface area contributed by atoms with Crippen molar-refractivity contribution in [2.75, 3.05) is 13.6 Å². The number of nitrogens with zero attached hydrogens (tertiary/aromatic N) is 1. The normalized spacial score (nSPS) is 18.6. The summed E-state index contributed by atoms with van der Waals surface area (Å²) in [5.41, 5.74) is 0.903. The lowest BCUT2D eigenvalue weighted by Crippen LogP contribution is -2.56. The van der Waals surface area contributed by atoms with E-state index in [1.54, 1.807) is 18.9 Å². The zero-order chi connectivity index (χ0) is 20.7. The smallest absolute Gasteiger partial charge is 0.329 e. The molecule has 1 aromatic rings. The average Bonchev–Trinajstić information content (AvgIpc) is 3.19. The first kappa shape index (κ1) is 21.9. The molecule has 1 aliphatic heterocycles. The number of carbonyl (C=O) groups is 3. The van der Waals surface area contributed by atoms with Crippen molar-refractivity contribution in [1.29, 1.82) is 0 Å². The Hall–Kier alpha value is -2.41. The highest BCUT2D eigenvalue weighted by Crippen LogP contribution is 2.22. The second-order valence-corrected chi connectivity index (χ2v) is 7.52. The number of likely N-dealkylation sites (tertiary alicyclic amines) is 1. The number of ether oxygens (including phenoxy) is 1. The Balaban J connectivity index is 2.02. The van der Waals surface area contributed by atoms with Crippen LogP contribution in [0.3, 0.4) is 0 Å². The molecule has 7 nitrogen and oxygen atoms in total. The maximum Gasteiger partial charge on any atom is 0.329 e. The molecule has 0 unspecified atom stereocenters. The number of carbonyl (C=O) groups excluding carboxylic acids is 3. The van der Waals surface area contributed by atoms with E-state index >= 15 is 0 Å². The van der Waals surface area contributed by atoms with Crippen LogP contribution < -0.4 is 10.6 Å². The van der Waals surface area contributed by atoms with Gasteiger partial charge in [0.2, 0.25) is 11.8 Å². The first-order chi connectivity index (χ1) is 13.3. The van der Waals surface area contributed by atoms with Crippen LogP contribution in [0.1, 0.15) is 39.2 Å². The monoisotopic (exact) mass is 389 g/mol. The summed E-state index contributed by atoms with van der Waals surface area (Å²) >= 11 is 0. The number of hydrogen-bond acceptors (Lipinski definition) is 5. The van der Waals surface area contributed by atoms with E-state index in [4.69, 9.17) is 4.74 Å². The Morgan fingerprint density at radius 2 is 1.86 bits per heavy atom. The molecule has 3 atom stereocenters. The molecule has 1 aliphatic rings. The van der Waals surface area contributed by atoms with Crippen LogP contribution in [-0.4, -0.2) is 54.4 Å². The van der Waals surface area contributed by atoms with E-state index in [9.17, 15) is 14.4 Å². The predicted molar refractivity (Wildman–Crippen MR) is 106 cm³/mol. The molecule has 154 valence electrons. The van der Waals surface area contributed by atoms with Crippen molar-refractivity contribution in [3.63, 3.8) is 0 Å². The van der Waals surface area contributed by atoms with Crippen LogP contribution in [-0.2, 0) is 25.7 Å². The minimum atomic E-state index is -0.675. The van der Waals surface area contributed by atoms with E-state index in [1.165, 1.54) is 0 Å². The number of hydrogen-bond donors (Lipinski definition) is 2. The van der Waals surface area contributed by atoms with Gasteiger partial charge in [0, 0.05) is 6.54 Å². The van der Waals surface area contributed by atoms with Gasteiger partial charge in [-0.2, -0.15) is 0 Å². The van der Waals surface area contributed by atoms with Gasteiger partial charge in [-0.05, 0) is 38.3 Å². The molecule has 0 aromatic heterocycles. The van der Waals surface area contributed by atoms with Gasteiger partial charge in [-0.25, -0.2) is 4.79 Å². The van der Waals surface area contributed by atoms with Gasteiger partial charge < -0.3 is 20.3 Å². The highest BCUT2D eigenvalue weighted by molar-refractivity contribution is 5.92. The summed E-state index contributed by atoms with van der Waals surface area (Å²) in [6.07, 6.45) is 1.31. The lowest BCUT2D eigenvalue weighted by atomic mass is 10.0. The third-order valence-corrected chi connectivity index (χ3v) is 5.09. The topological polar surface area (TPSA) is 87.7 Å². The summed E-state index contributed by atoms with van der Waals surface area (Å²) < 4.78 is 5.44.